The molecule has 1 N–H and O–H groups in total. The van der Waals surface area contributed by atoms with Gasteiger partial charge in [-0.1, -0.05) is 68.4 Å². The van der Waals surface area contributed by atoms with E-state index in [1.54, 1.807) is 12.1 Å². The van der Waals surface area contributed by atoms with Crippen LogP contribution in [0.25, 0.3) is 33.2 Å². The first kappa shape index (κ1) is 36.7. The molecule has 2 heterocycles. The number of aromatic carboxylic acids is 1. The molecule has 0 aliphatic carbocycles. The maximum Gasteiger partial charge on any atom is 1.00 e. The van der Waals surface area contributed by atoms with Gasteiger partial charge in [0.25, 0.3) is 0 Å². The van der Waals surface area contributed by atoms with Crippen LogP contribution >= 0.6 is 15.9 Å². The van der Waals surface area contributed by atoms with Crippen LogP contribution < -0.4 is 51.4 Å². The summed E-state index contributed by atoms with van der Waals surface area (Å²) in [6, 6.07) is 30.5. The zero-order valence-electron chi connectivity index (χ0n) is 25.4. The molecule has 0 atom stereocenters. The number of carboxylic acids is 1. The number of para-hydroxylation sites is 2. The fourth-order valence-corrected chi connectivity index (χ4v) is 5.25. The number of carbonyl (C=O) groups is 1. The van der Waals surface area contributed by atoms with Crippen molar-refractivity contribution in [2.75, 3.05) is 0 Å². The van der Waals surface area contributed by atoms with Crippen LogP contribution in [0.3, 0.4) is 0 Å². The van der Waals surface area contributed by atoms with Crippen molar-refractivity contribution in [3.8, 4) is 11.1 Å². The van der Waals surface area contributed by atoms with E-state index in [1.165, 1.54) is 0 Å². The predicted octanol–water partition coefficient (Wildman–Crippen LogP) is 5.73. The van der Waals surface area contributed by atoms with Gasteiger partial charge in [-0.15, -0.1) is 5.56 Å². The molecular weight excluding hydrogens is 671 g/mol. The van der Waals surface area contributed by atoms with Crippen molar-refractivity contribution in [3.05, 3.63) is 118 Å². The number of nitrogens with zero attached hydrogens (tertiary/aromatic N) is 4. The molecule has 0 amide bonds. The Labute approximate surface area is 311 Å². The summed E-state index contributed by atoms with van der Waals surface area (Å²) in [5.74, 6) is 0.177. The molecule has 0 bridgehead atoms. The summed E-state index contributed by atoms with van der Waals surface area (Å²) in [5.41, 5.74) is 8.57. The summed E-state index contributed by atoms with van der Waals surface area (Å²) in [4.78, 5) is 20.7. The molecule has 0 saturated heterocycles. The van der Waals surface area contributed by atoms with Crippen LogP contribution in [0.5, 0.6) is 0 Å². The van der Waals surface area contributed by atoms with E-state index in [0.29, 0.717) is 5.56 Å². The van der Waals surface area contributed by atoms with Gasteiger partial charge in [0.1, 0.15) is 0 Å². The Bertz CT molecular complexity index is 1880. The minimum Gasteiger partial charge on any atom is -0.478 e. The number of fused-ring (bicyclic) bond motifs is 2. The normalized spacial score (nSPS) is 10.4. The quantitative estimate of drug-likeness (QED) is 0.178. The van der Waals surface area contributed by atoms with Crippen molar-refractivity contribution >= 4 is 51.5 Å². The molecule has 0 spiro atoms. The minimum absolute atomic E-state index is 0. The second-order valence-corrected chi connectivity index (χ2v) is 10.7. The number of halogens is 4. The molecule has 2 aromatic heterocycles. The molecule has 0 radical (unpaired) electrons. The number of hydrogen-bond donors (Lipinski definition) is 1. The van der Waals surface area contributed by atoms with Gasteiger partial charge in [-0.2, -0.15) is 18.2 Å². The number of carboxylic acid groups (broad SMARTS) is 1. The smallest absolute Gasteiger partial charge is 0.478 e. The molecule has 0 unspecified atom stereocenters. The topological polar surface area (TPSA) is 72.9 Å². The Morgan fingerprint density at radius 3 is 2.24 bits per heavy atom. The molecule has 0 aliphatic rings. The van der Waals surface area contributed by atoms with Gasteiger partial charge in [0.15, 0.2) is 4.73 Å². The standard InChI is InChI=1S/C25H23N2O2.C8H7BrN2.BF3.K/c1-3-7-23-26-24-17(2)8-6-11-22(24)27(23)16-18-12-14-19(15-13-18)20-9-4-5-10-21(20)25(28)29;1-11-7-5-3-2-4-6(7)10-8(11)9;2-1(3)4;/h4-5,8-15H,3,7,16H2,1-2H3,(H,28,29);2-5H,1H3;;/q-1;;;+1. The van der Waals surface area contributed by atoms with Crippen molar-refractivity contribution in [2.45, 2.75) is 33.2 Å². The van der Waals surface area contributed by atoms with E-state index >= 15 is 0 Å². The summed E-state index contributed by atoms with van der Waals surface area (Å²) in [5, 5.41) is 9.44. The fraction of sp³-hybridized carbons (Fsp3) is 0.182. The van der Waals surface area contributed by atoms with Crippen molar-refractivity contribution in [3.63, 3.8) is 0 Å². The van der Waals surface area contributed by atoms with Gasteiger partial charge in [-0.05, 0) is 68.3 Å². The average Bonchev–Trinajstić information content (AvgIpc) is 3.50. The van der Waals surface area contributed by atoms with E-state index < -0.39 is 13.5 Å². The van der Waals surface area contributed by atoms with Crippen molar-refractivity contribution in [2.24, 2.45) is 7.05 Å². The summed E-state index contributed by atoms with van der Waals surface area (Å²) in [6.45, 7) is 4.96. The van der Waals surface area contributed by atoms with E-state index in [-0.39, 0.29) is 51.4 Å². The number of hydrogen-bond acceptors (Lipinski definition) is 3. The Kier molecular flexibility index (Phi) is 14.1. The van der Waals surface area contributed by atoms with Crippen LogP contribution in [-0.4, -0.2) is 37.7 Å². The number of imidazole rings is 2. The molecule has 226 valence electrons. The van der Waals surface area contributed by atoms with E-state index in [9.17, 15) is 22.8 Å². The van der Waals surface area contributed by atoms with Gasteiger partial charge in [0.05, 0.1) is 22.4 Å². The summed E-state index contributed by atoms with van der Waals surface area (Å²) in [6.07, 6.45) is 1.97. The minimum atomic E-state index is -3.67. The summed E-state index contributed by atoms with van der Waals surface area (Å²) < 4.78 is 34.1. The fourth-order valence-electron chi connectivity index (χ4n) is 4.86. The third-order valence-electron chi connectivity index (χ3n) is 6.95. The van der Waals surface area contributed by atoms with E-state index in [2.05, 4.69) is 57.5 Å². The van der Waals surface area contributed by atoms with Crippen molar-refractivity contribution in [1.29, 1.82) is 0 Å². The van der Waals surface area contributed by atoms with Crippen LogP contribution in [0.15, 0.2) is 89.7 Å². The van der Waals surface area contributed by atoms with Crippen molar-refractivity contribution in [1.82, 2.24) is 19.1 Å². The maximum atomic E-state index is 11.5. The molecule has 6 rings (SSSR count). The van der Waals surface area contributed by atoms with E-state index in [0.717, 1.165) is 74.3 Å². The van der Waals surface area contributed by atoms with Gasteiger partial charge in [-0.25, -0.2) is 9.78 Å². The van der Waals surface area contributed by atoms with E-state index in [1.807, 2.05) is 72.3 Å². The van der Waals surface area contributed by atoms with Gasteiger partial charge in [0, 0.05) is 20.0 Å². The molecule has 0 aliphatic heterocycles. The SMILES string of the molecule is CCCc1nc2c(C)c[c-]cc2n1Cc1ccc(-c2ccccc2C(=O)O)cc1.Cn1c(Br)nc2ccccc21.FB(F)F.[K+]. The number of aromatic nitrogens is 4. The van der Waals surface area contributed by atoms with Crippen LogP contribution in [0.2, 0.25) is 0 Å². The molecule has 12 heteroatoms. The molecule has 4 aromatic carbocycles. The largest absolute Gasteiger partial charge is 1.00 e. The predicted molar refractivity (Wildman–Crippen MR) is 173 cm³/mol. The van der Waals surface area contributed by atoms with Crippen LogP contribution in [-0.2, 0) is 20.0 Å². The van der Waals surface area contributed by atoms with Crippen molar-refractivity contribution < 1.29 is 74.2 Å². The summed E-state index contributed by atoms with van der Waals surface area (Å²) in [7, 11) is -1.68. The maximum absolute atomic E-state index is 11.5. The zero-order chi connectivity index (χ0) is 31.8. The number of benzene rings is 4. The third-order valence-corrected chi connectivity index (χ3v) is 7.66. The first-order valence-corrected chi connectivity index (χ1v) is 14.7. The molecule has 0 saturated carbocycles. The average molecular weight is 701 g/mol. The number of aryl methyl sites for hydroxylation is 3. The third kappa shape index (κ3) is 9.40. The second kappa shape index (κ2) is 17.3. The molecule has 6 nitrogen and oxygen atoms in total. The molecular formula is C33H30BBrF3KN4O2. The monoisotopic (exact) mass is 700 g/mol. The van der Waals surface area contributed by atoms with Crippen LogP contribution in [0.1, 0.15) is 40.7 Å². The molecule has 0 fully saturated rings. The van der Waals surface area contributed by atoms with Gasteiger partial charge >= 0.3 is 64.9 Å². The van der Waals surface area contributed by atoms with Crippen LogP contribution in [0.4, 0.5) is 12.9 Å². The Morgan fingerprint density at radius 2 is 1.60 bits per heavy atom. The van der Waals surface area contributed by atoms with Crippen LogP contribution in [0, 0.1) is 13.0 Å². The first-order chi connectivity index (χ1) is 21.1. The summed E-state index contributed by atoms with van der Waals surface area (Å²) >= 11 is 3.36. The molecule has 6 aromatic rings. The number of rotatable bonds is 6. The van der Waals surface area contributed by atoms with Gasteiger partial charge in [0.2, 0.25) is 0 Å². The Morgan fingerprint density at radius 1 is 0.956 bits per heavy atom. The second-order valence-electron chi connectivity index (χ2n) is 9.96. The Balaban J connectivity index is 0.000000285. The van der Waals surface area contributed by atoms with Gasteiger partial charge in [-0.3, -0.25) is 17.9 Å². The first-order valence-electron chi connectivity index (χ1n) is 13.9. The van der Waals surface area contributed by atoms with Gasteiger partial charge < -0.3 is 14.2 Å². The zero-order valence-corrected chi connectivity index (χ0v) is 30.1. The Hall–Kier alpha value is -2.74. The van der Waals surface area contributed by atoms with E-state index in [4.69, 9.17) is 4.98 Å². The molecule has 45 heavy (non-hydrogen) atoms.